The van der Waals surface area contributed by atoms with Gasteiger partial charge in [-0.3, -0.25) is 0 Å². The first-order chi connectivity index (χ1) is 14.1. The van der Waals surface area contributed by atoms with Gasteiger partial charge in [0.1, 0.15) is 5.75 Å². The third kappa shape index (κ3) is 7.54. The summed E-state index contributed by atoms with van der Waals surface area (Å²) in [6, 6.07) is 8.85. The van der Waals surface area contributed by atoms with E-state index in [0.29, 0.717) is 12.2 Å². The van der Waals surface area contributed by atoms with Crippen LogP contribution in [0.4, 0.5) is 9.59 Å². The summed E-state index contributed by atoms with van der Waals surface area (Å²) in [5, 5.41) is 15.1. The molecule has 2 amide bonds. The molecule has 0 saturated heterocycles. The van der Waals surface area contributed by atoms with Crippen molar-refractivity contribution in [3.05, 3.63) is 30.3 Å². The molecule has 1 aromatic carbocycles. The highest BCUT2D eigenvalue weighted by Crippen LogP contribution is 2.49. The predicted octanol–water partition coefficient (Wildman–Crippen LogP) is 5.97. The molecule has 30 heavy (non-hydrogen) atoms. The highest BCUT2D eigenvalue weighted by Gasteiger charge is 2.46. The number of carboxylic acid groups (broad SMARTS) is 1. The number of ether oxygens (including phenoxy) is 1. The van der Waals surface area contributed by atoms with Crippen LogP contribution in [-0.2, 0) is 0 Å². The number of para-hydroxylation sites is 1. The van der Waals surface area contributed by atoms with E-state index in [9.17, 15) is 14.7 Å². The Morgan fingerprint density at radius 1 is 1.13 bits per heavy atom. The molecule has 0 aromatic heterocycles. The molecule has 0 heterocycles. The van der Waals surface area contributed by atoms with Crippen LogP contribution in [0, 0.1) is 10.8 Å². The monoisotopic (exact) mass is 418 g/mol. The molecule has 2 rings (SSSR count). The van der Waals surface area contributed by atoms with E-state index in [1.807, 2.05) is 18.2 Å². The standard InChI is InChI=1S/C24H38N2O4/c1-5-6-7-11-14-20(26-22(29)30-19-12-9-8-10-13-19)24(4)16-18(25-21(27)28)15-23(2,3)17-24/h8-10,12-13,18,20,25H,5-7,11,14-17H2,1-4H3,(H,26,29)(H,27,28). The predicted molar refractivity (Wildman–Crippen MR) is 119 cm³/mol. The van der Waals surface area contributed by atoms with Crippen molar-refractivity contribution in [1.29, 1.82) is 0 Å². The van der Waals surface area contributed by atoms with E-state index in [1.54, 1.807) is 12.1 Å². The van der Waals surface area contributed by atoms with Crippen molar-refractivity contribution in [2.24, 2.45) is 10.8 Å². The molecule has 6 nitrogen and oxygen atoms in total. The van der Waals surface area contributed by atoms with Gasteiger partial charge in [0.25, 0.3) is 0 Å². The Labute approximate surface area is 180 Å². The number of rotatable bonds is 9. The van der Waals surface area contributed by atoms with E-state index in [1.165, 1.54) is 6.42 Å². The first-order valence-electron chi connectivity index (χ1n) is 11.2. The molecule has 3 atom stereocenters. The van der Waals surface area contributed by atoms with Gasteiger partial charge in [0.2, 0.25) is 0 Å². The lowest BCUT2D eigenvalue weighted by atomic mass is 9.59. The Morgan fingerprint density at radius 2 is 1.83 bits per heavy atom. The summed E-state index contributed by atoms with van der Waals surface area (Å²) in [4.78, 5) is 24.0. The summed E-state index contributed by atoms with van der Waals surface area (Å²) in [7, 11) is 0. The van der Waals surface area contributed by atoms with Crippen LogP contribution in [0.1, 0.15) is 79.1 Å². The zero-order chi connectivity index (χ0) is 22.2. The molecule has 168 valence electrons. The Kier molecular flexibility index (Phi) is 8.56. The summed E-state index contributed by atoms with van der Waals surface area (Å²) in [6.07, 6.45) is 6.31. The average Bonchev–Trinajstić information content (AvgIpc) is 2.62. The van der Waals surface area contributed by atoms with Gasteiger partial charge in [-0.15, -0.1) is 0 Å². The number of hydrogen-bond acceptors (Lipinski definition) is 3. The maximum Gasteiger partial charge on any atom is 0.412 e. The zero-order valence-electron chi connectivity index (χ0n) is 18.9. The van der Waals surface area contributed by atoms with Crippen molar-refractivity contribution in [2.45, 2.75) is 91.1 Å². The van der Waals surface area contributed by atoms with Crippen LogP contribution in [0.3, 0.4) is 0 Å². The lowest BCUT2D eigenvalue weighted by Crippen LogP contribution is -2.55. The summed E-state index contributed by atoms with van der Waals surface area (Å²) in [5.74, 6) is 0.513. The SMILES string of the molecule is CCCCCCC(NC(=O)Oc1ccccc1)C1(C)CC(NC(=O)O)CC(C)(C)C1. The first-order valence-corrected chi connectivity index (χ1v) is 11.2. The minimum atomic E-state index is -0.990. The number of amides is 2. The van der Waals surface area contributed by atoms with Gasteiger partial charge in [0, 0.05) is 12.1 Å². The maximum atomic E-state index is 12.7. The van der Waals surface area contributed by atoms with Crippen molar-refractivity contribution >= 4 is 12.2 Å². The minimum Gasteiger partial charge on any atom is -0.465 e. The number of unbranched alkanes of at least 4 members (excludes halogenated alkanes) is 3. The van der Waals surface area contributed by atoms with Crippen LogP contribution in [0.15, 0.2) is 30.3 Å². The molecule has 3 unspecified atom stereocenters. The number of carbonyl (C=O) groups excluding carboxylic acids is 1. The summed E-state index contributed by atoms with van der Waals surface area (Å²) >= 11 is 0. The molecule has 0 aliphatic heterocycles. The molecule has 1 fully saturated rings. The molecular weight excluding hydrogens is 380 g/mol. The molecule has 1 saturated carbocycles. The maximum absolute atomic E-state index is 12.7. The second kappa shape index (κ2) is 10.7. The lowest BCUT2D eigenvalue weighted by molar-refractivity contribution is 0.0362. The van der Waals surface area contributed by atoms with Gasteiger partial charge in [-0.2, -0.15) is 0 Å². The van der Waals surface area contributed by atoms with Crippen molar-refractivity contribution in [3.63, 3.8) is 0 Å². The molecule has 1 aliphatic rings. The van der Waals surface area contributed by atoms with Gasteiger partial charge in [0.05, 0.1) is 0 Å². The van der Waals surface area contributed by atoms with Crippen LogP contribution in [0.5, 0.6) is 5.75 Å². The van der Waals surface area contributed by atoms with Gasteiger partial charge < -0.3 is 20.5 Å². The fraction of sp³-hybridized carbons (Fsp3) is 0.667. The highest BCUT2D eigenvalue weighted by molar-refractivity contribution is 5.70. The van der Waals surface area contributed by atoms with E-state index < -0.39 is 12.2 Å². The van der Waals surface area contributed by atoms with Gasteiger partial charge in [-0.1, -0.05) is 71.6 Å². The Balaban J connectivity index is 2.15. The number of benzene rings is 1. The van der Waals surface area contributed by atoms with E-state index in [0.717, 1.165) is 38.5 Å². The van der Waals surface area contributed by atoms with Crippen molar-refractivity contribution in [1.82, 2.24) is 10.6 Å². The molecule has 0 spiro atoms. The highest BCUT2D eigenvalue weighted by atomic mass is 16.6. The van der Waals surface area contributed by atoms with Gasteiger partial charge in [-0.25, -0.2) is 9.59 Å². The Bertz CT molecular complexity index is 692. The van der Waals surface area contributed by atoms with Crippen molar-refractivity contribution in [3.8, 4) is 5.75 Å². The third-order valence-corrected chi connectivity index (χ3v) is 6.16. The van der Waals surface area contributed by atoms with Crippen LogP contribution < -0.4 is 15.4 Å². The Hall–Kier alpha value is -2.24. The van der Waals surface area contributed by atoms with E-state index >= 15 is 0 Å². The quantitative estimate of drug-likeness (QED) is 0.431. The normalized spacial score (nSPS) is 23.9. The van der Waals surface area contributed by atoms with Crippen LogP contribution in [-0.4, -0.2) is 29.4 Å². The van der Waals surface area contributed by atoms with Gasteiger partial charge >= 0.3 is 12.2 Å². The summed E-state index contributed by atoms with van der Waals surface area (Å²) in [5.41, 5.74) is -0.246. The smallest absolute Gasteiger partial charge is 0.412 e. The first kappa shape index (κ1) is 24.0. The van der Waals surface area contributed by atoms with E-state index in [4.69, 9.17) is 4.74 Å². The number of carbonyl (C=O) groups is 2. The Morgan fingerprint density at radius 3 is 2.47 bits per heavy atom. The fourth-order valence-corrected chi connectivity index (χ4v) is 5.22. The fourth-order valence-electron chi connectivity index (χ4n) is 5.22. The van der Waals surface area contributed by atoms with E-state index in [2.05, 4.69) is 38.3 Å². The van der Waals surface area contributed by atoms with Gasteiger partial charge in [-0.05, 0) is 48.6 Å². The number of hydrogen-bond donors (Lipinski definition) is 3. The molecule has 1 aliphatic carbocycles. The van der Waals surface area contributed by atoms with Crippen molar-refractivity contribution in [2.75, 3.05) is 0 Å². The summed E-state index contributed by atoms with van der Waals surface area (Å²) in [6.45, 7) is 8.71. The molecule has 1 aromatic rings. The van der Waals surface area contributed by atoms with E-state index in [-0.39, 0.29) is 22.9 Å². The molecule has 6 heteroatoms. The van der Waals surface area contributed by atoms with Crippen LogP contribution in [0.25, 0.3) is 0 Å². The molecule has 3 N–H and O–H groups in total. The molecular formula is C24H38N2O4. The van der Waals surface area contributed by atoms with Crippen LogP contribution >= 0.6 is 0 Å². The minimum absolute atomic E-state index is 0.0210. The zero-order valence-corrected chi connectivity index (χ0v) is 18.9. The second-order valence-electron chi connectivity index (χ2n) is 9.80. The van der Waals surface area contributed by atoms with Gasteiger partial charge in [0.15, 0.2) is 0 Å². The third-order valence-electron chi connectivity index (χ3n) is 6.16. The largest absolute Gasteiger partial charge is 0.465 e. The average molecular weight is 419 g/mol. The molecule has 0 bridgehead atoms. The second-order valence-corrected chi connectivity index (χ2v) is 9.80. The lowest BCUT2D eigenvalue weighted by Gasteiger charge is -2.50. The molecule has 0 radical (unpaired) electrons. The number of nitrogens with one attached hydrogen (secondary N) is 2. The van der Waals surface area contributed by atoms with Crippen molar-refractivity contribution < 1.29 is 19.4 Å². The van der Waals surface area contributed by atoms with Crippen LogP contribution in [0.2, 0.25) is 0 Å². The summed E-state index contributed by atoms with van der Waals surface area (Å²) < 4.78 is 5.49. The topological polar surface area (TPSA) is 87.7 Å².